The lowest BCUT2D eigenvalue weighted by Gasteiger charge is -2.10. The topological polar surface area (TPSA) is 76.0 Å². The molecule has 1 aromatic heterocycles. The normalized spacial score (nSPS) is 10.4. The molecular formula is C19H17ClN4O2. The minimum absolute atomic E-state index is 0.212. The van der Waals surface area contributed by atoms with Crippen molar-refractivity contribution in [2.24, 2.45) is 0 Å². The quantitative estimate of drug-likeness (QED) is 0.729. The van der Waals surface area contributed by atoms with Gasteiger partial charge in [0.15, 0.2) is 0 Å². The highest BCUT2D eigenvalue weighted by molar-refractivity contribution is 6.34. The van der Waals surface area contributed by atoms with Gasteiger partial charge < -0.3 is 10.6 Å². The van der Waals surface area contributed by atoms with Gasteiger partial charge in [0.1, 0.15) is 0 Å². The van der Waals surface area contributed by atoms with Gasteiger partial charge in [-0.25, -0.2) is 4.68 Å². The summed E-state index contributed by atoms with van der Waals surface area (Å²) in [6, 6.07) is 14.0. The third kappa shape index (κ3) is 3.92. The van der Waals surface area contributed by atoms with Crippen LogP contribution in [0, 0.1) is 6.92 Å². The van der Waals surface area contributed by atoms with Crippen molar-refractivity contribution in [3.8, 4) is 5.69 Å². The molecule has 0 unspecified atom stereocenters. The van der Waals surface area contributed by atoms with E-state index in [1.165, 1.54) is 6.92 Å². The summed E-state index contributed by atoms with van der Waals surface area (Å²) in [5.41, 5.74) is 3.45. The van der Waals surface area contributed by atoms with E-state index in [1.807, 2.05) is 25.1 Å². The van der Waals surface area contributed by atoms with Gasteiger partial charge in [-0.05, 0) is 55.5 Å². The predicted molar refractivity (Wildman–Crippen MR) is 102 cm³/mol. The Hall–Kier alpha value is -3.12. The number of nitrogens with one attached hydrogen (secondary N) is 2. The zero-order valence-corrected chi connectivity index (χ0v) is 15.0. The fourth-order valence-corrected chi connectivity index (χ4v) is 2.71. The second-order valence-corrected chi connectivity index (χ2v) is 6.17. The summed E-state index contributed by atoms with van der Waals surface area (Å²) in [4.78, 5) is 23.5. The molecule has 0 radical (unpaired) electrons. The van der Waals surface area contributed by atoms with Crippen LogP contribution in [0.5, 0.6) is 0 Å². The van der Waals surface area contributed by atoms with Crippen LogP contribution in [0.25, 0.3) is 5.69 Å². The molecule has 3 aromatic rings. The van der Waals surface area contributed by atoms with E-state index < -0.39 is 0 Å². The maximum Gasteiger partial charge on any atom is 0.255 e. The Kier molecular flexibility index (Phi) is 5.04. The van der Waals surface area contributed by atoms with Crippen molar-refractivity contribution in [2.45, 2.75) is 13.8 Å². The highest BCUT2D eigenvalue weighted by atomic mass is 35.5. The average Bonchev–Trinajstić information content (AvgIpc) is 3.03. The van der Waals surface area contributed by atoms with Crippen LogP contribution in [-0.4, -0.2) is 21.6 Å². The lowest BCUT2D eigenvalue weighted by atomic mass is 10.2. The molecule has 132 valence electrons. The highest BCUT2D eigenvalue weighted by Crippen LogP contribution is 2.26. The molecule has 2 aromatic carbocycles. The minimum Gasteiger partial charge on any atom is -0.325 e. The Bertz CT molecular complexity index is 964. The van der Waals surface area contributed by atoms with Crippen LogP contribution >= 0.6 is 11.6 Å². The van der Waals surface area contributed by atoms with Crippen LogP contribution in [-0.2, 0) is 4.79 Å². The predicted octanol–water partition coefficient (Wildman–Crippen LogP) is 4.04. The maximum atomic E-state index is 12.4. The molecule has 1 heterocycles. The molecule has 2 amide bonds. The van der Waals surface area contributed by atoms with Gasteiger partial charge in [-0.15, -0.1) is 0 Å². The van der Waals surface area contributed by atoms with Crippen molar-refractivity contribution >= 4 is 34.8 Å². The second kappa shape index (κ2) is 7.41. The molecule has 0 atom stereocenters. The van der Waals surface area contributed by atoms with Crippen LogP contribution in [0.15, 0.2) is 54.7 Å². The first-order valence-electron chi connectivity index (χ1n) is 7.93. The fraction of sp³-hybridized carbons (Fsp3) is 0.105. The minimum atomic E-state index is -0.253. The number of nitrogens with zero attached hydrogens (tertiary/aromatic N) is 2. The standard InChI is InChI=1S/C19H17ClN4O2/c1-12-9-10-21-24(12)16-6-3-14(4-7-16)19(26)23-15-5-8-18(17(20)11-15)22-13(2)25/h3-11H,1-2H3,(H,22,25)(H,23,26). The van der Waals surface area contributed by atoms with Crippen LogP contribution in [0.4, 0.5) is 11.4 Å². The summed E-state index contributed by atoms with van der Waals surface area (Å²) < 4.78 is 1.79. The van der Waals surface area contributed by atoms with Crippen molar-refractivity contribution in [2.75, 3.05) is 10.6 Å². The monoisotopic (exact) mass is 368 g/mol. The summed E-state index contributed by atoms with van der Waals surface area (Å²) in [6.07, 6.45) is 1.73. The zero-order valence-electron chi connectivity index (χ0n) is 14.3. The zero-order chi connectivity index (χ0) is 18.7. The lowest BCUT2D eigenvalue weighted by Crippen LogP contribution is -2.12. The van der Waals surface area contributed by atoms with Gasteiger partial charge in [-0.1, -0.05) is 11.6 Å². The summed E-state index contributed by atoms with van der Waals surface area (Å²) >= 11 is 6.12. The van der Waals surface area contributed by atoms with Gasteiger partial charge >= 0.3 is 0 Å². The molecule has 0 saturated heterocycles. The van der Waals surface area contributed by atoms with Crippen molar-refractivity contribution in [1.82, 2.24) is 9.78 Å². The Labute approximate surface area is 155 Å². The third-order valence-corrected chi connectivity index (χ3v) is 4.06. The second-order valence-electron chi connectivity index (χ2n) is 5.76. The number of rotatable bonds is 4. The molecule has 0 saturated carbocycles. The van der Waals surface area contributed by atoms with Crippen molar-refractivity contribution < 1.29 is 9.59 Å². The average molecular weight is 369 g/mol. The maximum absolute atomic E-state index is 12.4. The van der Waals surface area contributed by atoms with Gasteiger partial charge in [0.05, 0.1) is 16.4 Å². The molecule has 7 heteroatoms. The summed E-state index contributed by atoms with van der Waals surface area (Å²) in [7, 11) is 0. The first-order valence-corrected chi connectivity index (χ1v) is 8.31. The SMILES string of the molecule is CC(=O)Nc1ccc(NC(=O)c2ccc(-n3nccc3C)cc2)cc1Cl. The van der Waals surface area contributed by atoms with Crippen molar-refractivity contribution in [3.63, 3.8) is 0 Å². The van der Waals surface area contributed by atoms with Crippen LogP contribution < -0.4 is 10.6 Å². The van der Waals surface area contributed by atoms with Gasteiger partial charge in [0.2, 0.25) is 5.91 Å². The van der Waals surface area contributed by atoms with Crippen LogP contribution in [0.1, 0.15) is 23.0 Å². The largest absolute Gasteiger partial charge is 0.325 e. The van der Waals surface area contributed by atoms with Crippen molar-refractivity contribution in [3.05, 3.63) is 71.0 Å². The van der Waals surface area contributed by atoms with E-state index in [-0.39, 0.29) is 11.8 Å². The van der Waals surface area contributed by atoms with Gasteiger partial charge in [0.25, 0.3) is 5.91 Å². The van der Waals surface area contributed by atoms with E-state index in [0.29, 0.717) is 22.0 Å². The Balaban J connectivity index is 1.73. The molecule has 6 nitrogen and oxygen atoms in total. The molecule has 0 spiro atoms. The van der Waals surface area contributed by atoms with E-state index in [2.05, 4.69) is 15.7 Å². The van der Waals surface area contributed by atoms with E-state index in [1.54, 1.807) is 41.2 Å². The molecule has 3 rings (SSSR count). The lowest BCUT2D eigenvalue weighted by molar-refractivity contribution is -0.114. The smallest absolute Gasteiger partial charge is 0.255 e. The summed E-state index contributed by atoms with van der Waals surface area (Å²) in [6.45, 7) is 3.36. The van der Waals surface area contributed by atoms with Crippen LogP contribution in [0.3, 0.4) is 0 Å². The number of hydrogen-bond donors (Lipinski definition) is 2. The van der Waals surface area contributed by atoms with E-state index >= 15 is 0 Å². The summed E-state index contributed by atoms with van der Waals surface area (Å²) in [5, 5.41) is 9.99. The molecule has 0 bridgehead atoms. The number of halogens is 1. The Morgan fingerprint density at radius 1 is 1.04 bits per heavy atom. The molecule has 26 heavy (non-hydrogen) atoms. The van der Waals surface area contributed by atoms with Crippen LogP contribution in [0.2, 0.25) is 5.02 Å². The molecule has 0 aliphatic carbocycles. The number of carbonyl (C=O) groups is 2. The summed E-state index contributed by atoms with van der Waals surface area (Å²) in [5.74, 6) is -0.465. The van der Waals surface area contributed by atoms with E-state index in [0.717, 1.165) is 11.4 Å². The number of carbonyl (C=O) groups excluding carboxylic acids is 2. The van der Waals surface area contributed by atoms with Crippen molar-refractivity contribution in [1.29, 1.82) is 0 Å². The van der Waals surface area contributed by atoms with Gasteiger partial charge in [-0.3, -0.25) is 9.59 Å². The van der Waals surface area contributed by atoms with Gasteiger partial charge in [-0.2, -0.15) is 5.10 Å². The number of aryl methyl sites for hydroxylation is 1. The number of anilines is 2. The first-order chi connectivity index (χ1) is 12.4. The van der Waals surface area contributed by atoms with E-state index in [9.17, 15) is 9.59 Å². The number of hydrogen-bond acceptors (Lipinski definition) is 3. The third-order valence-electron chi connectivity index (χ3n) is 3.74. The number of aromatic nitrogens is 2. The highest BCUT2D eigenvalue weighted by Gasteiger charge is 2.09. The Morgan fingerprint density at radius 2 is 1.77 bits per heavy atom. The molecule has 0 aliphatic heterocycles. The number of amides is 2. The van der Waals surface area contributed by atoms with Gasteiger partial charge in [0, 0.05) is 30.1 Å². The fourth-order valence-electron chi connectivity index (χ4n) is 2.48. The number of benzene rings is 2. The first kappa shape index (κ1) is 17.7. The Morgan fingerprint density at radius 3 is 2.35 bits per heavy atom. The molecular weight excluding hydrogens is 352 g/mol. The molecule has 0 fully saturated rings. The molecule has 0 aliphatic rings. The molecule has 2 N–H and O–H groups in total. The van der Waals surface area contributed by atoms with E-state index in [4.69, 9.17) is 11.6 Å².